The van der Waals surface area contributed by atoms with Crippen molar-refractivity contribution in [3.63, 3.8) is 0 Å². The van der Waals surface area contributed by atoms with Crippen LogP contribution < -0.4 is 0 Å². The van der Waals surface area contributed by atoms with Gasteiger partial charge in [0, 0.05) is 10.0 Å². The van der Waals surface area contributed by atoms with Crippen molar-refractivity contribution in [2.45, 2.75) is 13.3 Å². The van der Waals surface area contributed by atoms with Crippen molar-refractivity contribution in [2.24, 2.45) is 5.92 Å². The van der Waals surface area contributed by atoms with Crippen LogP contribution in [0.15, 0.2) is 28.7 Å². The van der Waals surface area contributed by atoms with Gasteiger partial charge in [-0.15, -0.1) is 0 Å². The molecule has 0 bridgehead atoms. The Morgan fingerprint density at radius 3 is 2.62 bits per heavy atom. The SMILES string of the molecule is CCC(C(=O)OC)C(=O)c1cccc(Br)c1. The molecule has 0 aromatic heterocycles. The molecular formula is C12H13BrO3. The number of carbonyl (C=O) groups excluding carboxylic acids is 2. The Balaban J connectivity index is 2.95. The Bertz CT molecular complexity index is 401. The second kappa shape index (κ2) is 5.80. The third-order valence-corrected chi connectivity index (χ3v) is 2.81. The lowest BCUT2D eigenvalue weighted by molar-refractivity contribution is -0.143. The maximum Gasteiger partial charge on any atom is 0.316 e. The van der Waals surface area contributed by atoms with Gasteiger partial charge in [0.1, 0.15) is 5.92 Å². The Morgan fingerprint density at radius 1 is 1.44 bits per heavy atom. The van der Waals surface area contributed by atoms with Crippen LogP contribution in [0.5, 0.6) is 0 Å². The van der Waals surface area contributed by atoms with E-state index in [1.165, 1.54) is 7.11 Å². The summed E-state index contributed by atoms with van der Waals surface area (Å²) in [6, 6.07) is 6.99. The van der Waals surface area contributed by atoms with Gasteiger partial charge in [0.2, 0.25) is 0 Å². The van der Waals surface area contributed by atoms with Crippen LogP contribution >= 0.6 is 15.9 Å². The molecule has 0 saturated carbocycles. The first-order valence-electron chi connectivity index (χ1n) is 4.97. The molecule has 0 saturated heterocycles. The number of ether oxygens (including phenoxy) is 1. The third-order valence-electron chi connectivity index (χ3n) is 2.32. The number of rotatable bonds is 4. The van der Waals surface area contributed by atoms with Crippen molar-refractivity contribution in [3.8, 4) is 0 Å². The molecule has 0 aliphatic rings. The molecule has 16 heavy (non-hydrogen) atoms. The first-order valence-corrected chi connectivity index (χ1v) is 5.77. The molecule has 1 unspecified atom stereocenters. The Morgan fingerprint density at radius 2 is 2.12 bits per heavy atom. The number of Topliss-reactive ketones (excluding diaryl/α,β-unsaturated/α-hetero) is 1. The Kier molecular flexibility index (Phi) is 4.68. The zero-order chi connectivity index (χ0) is 12.1. The molecule has 0 amide bonds. The summed E-state index contributed by atoms with van der Waals surface area (Å²) in [5.41, 5.74) is 0.520. The number of methoxy groups -OCH3 is 1. The van der Waals surface area contributed by atoms with E-state index in [-0.39, 0.29) is 5.78 Å². The lowest BCUT2D eigenvalue weighted by Crippen LogP contribution is -2.24. The molecule has 0 aliphatic carbocycles. The van der Waals surface area contributed by atoms with Crippen LogP contribution in [-0.2, 0) is 9.53 Å². The molecule has 3 nitrogen and oxygen atoms in total. The number of ketones is 1. The van der Waals surface area contributed by atoms with E-state index in [1.54, 1.807) is 25.1 Å². The topological polar surface area (TPSA) is 43.4 Å². The average Bonchev–Trinajstić information content (AvgIpc) is 2.29. The van der Waals surface area contributed by atoms with Crippen LogP contribution in [0.25, 0.3) is 0 Å². The van der Waals surface area contributed by atoms with Gasteiger partial charge >= 0.3 is 5.97 Å². The van der Waals surface area contributed by atoms with E-state index in [1.807, 2.05) is 6.07 Å². The summed E-state index contributed by atoms with van der Waals surface area (Å²) in [6.45, 7) is 1.79. The molecule has 1 aromatic carbocycles. The molecule has 0 aliphatic heterocycles. The smallest absolute Gasteiger partial charge is 0.316 e. The Hall–Kier alpha value is -1.16. The Labute approximate surface area is 103 Å². The van der Waals surface area contributed by atoms with Gasteiger partial charge in [-0.3, -0.25) is 9.59 Å². The highest BCUT2D eigenvalue weighted by molar-refractivity contribution is 9.10. The van der Waals surface area contributed by atoms with E-state index in [4.69, 9.17) is 0 Å². The molecule has 1 atom stereocenters. The van der Waals surface area contributed by atoms with Crippen molar-refractivity contribution >= 4 is 27.7 Å². The molecular weight excluding hydrogens is 272 g/mol. The summed E-state index contributed by atoms with van der Waals surface area (Å²) in [6.07, 6.45) is 0.442. The lowest BCUT2D eigenvalue weighted by atomic mass is 9.95. The van der Waals surface area contributed by atoms with Crippen molar-refractivity contribution in [2.75, 3.05) is 7.11 Å². The van der Waals surface area contributed by atoms with Crippen molar-refractivity contribution in [1.82, 2.24) is 0 Å². The molecule has 0 heterocycles. The predicted molar refractivity (Wildman–Crippen MR) is 64.3 cm³/mol. The zero-order valence-corrected chi connectivity index (χ0v) is 10.8. The van der Waals surface area contributed by atoms with Gasteiger partial charge in [0.15, 0.2) is 5.78 Å². The van der Waals surface area contributed by atoms with Crippen LogP contribution in [0.4, 0.5) is 0 Å². The van der Waals surface area contributed by atoms with E-state index < -0.39 is 11.9 Å². The fraction of sp³-hybridized carbons (Fsp3) is 0.333. The minimum absolute atomic E-state index is 0.198. The number of esters is 1. The van der Waals surface area contributed by atoms with Gasteiger partial charge in [-0.05, 0) is 18.6 Å². The maximum absolute atomic E-state index is 12.0. The van der Waals surface area contributed by atoms with Gasteiger partial charge in [-0.2, -0.15) is 0 Å². The summed E-state index contributed by atoms with van der Waals surface area (Å²) in [5.74, 6) is -1.39. The van der Waals surface area contributed by atoms with E-state index in [0.29, 0.717) is 12.0 Å². The van der Waals surface area contributed by atoms with Gasteiger partial charge in [-0.1, -0.05) is 35.0 Å². The zero-order valence-electron chi connectivity index (χ0n) is 9.20. The van der Waals surface area contributed by atoms with Crippen molar-refractivity contribution in [3.05, 3.63) is 34.3 Å². The van der Waals surface area contributed by atoms with Gasteiger partial charge in [0.25, 0.3) is 0 Å². The third kappa shape index (κ3) is 2.92. The normalized spacial score (nSPS) is 11.9. The first-order chi connectivity index (χ1) is 7.60. The summed E-state index contributed by atoms with van der Waals surface area (Å²) in [7, 11) is 1.29. The minimum Gasteiger partial charge on any atom is -0.468 e. The summed E-state index contributed by atoms with van der Waals surface area (Å²) in [5, 5.41) is 0. The molecule has 86 valence electrons. The second-order valence-corrected chi connectivity index (χ2v) is 4.27. The van der Waals surface area contributed by atoms with Gasteiger partial charge < -0.3 is 4.74 Å². The molecule has 0 spiro atoms. The van der Waals surface area contributed by atoms with E-state index in [9.17, 15) is 9.59 Å². The fourth-order valence-electron chi connectivity index (χ4n) is 1.44. The van der Waals surface area contributed by atoms with Crippen LogP contribution in [0, 0.1) is 5.92 Å². The second-order valence-electron chi connectivity index (χ2n) is 3.36. The fourth-order valence-corrected chi connectivity index (χ4v) is 1.84. The number of hydrogen-bond donors (Lipinski definition) is 0. The summed E-state index contributed by atoms with van der Waals surface area (Å²) in [4.78, 5) is 23.4. The van der Waals surface area contributed by atoms with Crippen LogP contribution in [-0.4, -0.2) is 18.9 Å². The molecule has 1 rings (SSSR count). The van der Waals surface area contributed by atoms with E-state index in [0.717, 1.165) is 4.47 Å². The van der Waals surface area contributed by atoms with Gasteiger partial charge in [0.05, 0.1) is 7.11 Å². The number of halogens is 1. The molecule has 4 heteroatoms. The van der Waals surface area contributed by atoms with Crippen LogP contribution in [0.2, 0.25) is 0 Å². The highest BCUT2D eigenvalue weighted by Gasteiger charge is 2.26. The van der Waals surface area contributed by atoms with Gasteiger partial charge in [-0.25, -0.2) is 0 Å². The highest BCUT2D eigenvalue weighted by Crippen LogP contribution is 2.17. The maximum atomic E-state index is 12.0. The molecule has 0 fully saturated rings. The molecule has 1 aromatic rings. The lowest BCUT2D eigenvalue weighted by Gasteiger charge is -2.11. The van der Waals surface area contributed by atoms with Crippen molar-refractivity contribution in [1.29, 1.82) is 0 Å². The number of carbonyl (C=O) groups is 2. The highest BCUT2D eigenvalue weighted by atomic mass is 79.9. The quantitative estimate of drug-likeness (QED) is 0.485. The number of benzene rings is 1. The largest absolute Gasteiger partial charge is 0.468 e. The molecule has 0 N–H and O–H groups in total. The number of hydrogen-bond acceptors (Lipinski definition) is 3. The average molecular weight is 285 g/mol. The van der Waals surface area contributed by atoms with E-state index in [2.05, 4.69) is 20.7 Å². The molecule has 0 radical (unpaired) electrons. The van der Waals surface area contributed by atoms with Crippen LogP contribution in [0.1, 0.15) is 23.7 Å². The van der Waals surface area contributed by atoms with E-state index >= 15 is 0 Å². The minimum atomic E-state index is -0.709. The predicted octanol–water partition coefficient (Wildman–Crippen LogP) is 2.83. The van der Waals surface area contributed by atoms with Crippen molar-refractivity contribution < 1.29 is 14.3 Å². The van der Waals surface area contributed by atoms with Crippen LogP contribution in [0.3, 0.4) is 0 Å². The first kappa shape index (κ1) is 12.9. The summed E-state index contributed by atoms with van der Waals surface area (Å²) < 4.78 is 5.42. The standard InChI is InChI=1S/C12H13BrO3/c1-3-10(12(15)16-2)11(14)8-5-4-6-9(13)7-8/h4-7,10H,3H2,1-2H3. The monoisotopic (exact) mass is 284 g/mol. The summed E-state index contributed by atoms with van der Waals surface area (Å²) >= 11 is 3.29.